The molecule has 0 amide bonds. The molecule has 1 aromatic carbocycles. The molecule has 0 aliphatic carbocycles. The lowest BCUT2D eigenvalue weighted by molar-refractivity contribution is 0.196. The second kappa shape index (κ2) is 7.00. The molecule has 0 spiro atoms. The molecule has 1 fully saturated rings. The number of rotatable bonds is 7. The van der Waals surface area contributed by atoms with E-state index < -0.39 is 10.0 Å². The first-order valence-electron chi connectivity index (χ1n) is 7.97. The van der Waals surface area contributed by atoms with Gasteiger partial charge in [0.15, 0.2) is 0 Å². The van der Waals surface area contributed by atoms with Crippen LogP contribution in [0.4, 0.5) is 4.39 Å². The number of H-pyrrole nitrogens is 1. The minimum Gasteiger partial charge on any atom is -0.312 e. The maximum Gasteiger partial charge on any atom is 0.213 e. The summed E-state index contributed by atoms with van der Waals surface area (Å²) in [7, 11) is -3.06. The first-order valence-corrected chi connectivity index (χ1v) is 9.58. The summed E-state index contributed by atoms with van der Waals surface area (Å²) in [5.74, 6) is 0.172. The molecule has 24 heavy (non-hydrogen) atoms. The summed E-state index contributed by atoms with van der Waals surface area (Å²) in [4.78, 5) is 0. The lowest BCUT2D eigenvalue weighted by Gasteiger charge is -2.38. The molecule has 0 bridgehead atoms. The van der Waals surface area contributed by atoms with Crippen LogP contribution in [0.3, 0.4) is 0 Å². The standard InChI is InChI=1S/C16H21FN4O2S/c1-2-24(22,23)21-10-12(11-21)7-18-8-13-9-19-20-16(13)14-5-3-4-6-15(14)17/h3-6,9,12,18H,2,7-8,10-11H2,1H3,(H,19,20). The van der Waals surface area contributed by atoms with E-state index in [0.717, 1.165) is 12.1 Å². The van der Waals surface area contributed by atoms with Gasteiger partial charge >= 0.3 is 0 Å². The Bertz CT molecular complexity index is 800. The van der Waals surface area contributed by atoms with Crippen LogP contribution in [-0.4, -0.2) is 48.3 Å². The van der Waals surface area contributed by atoms with Crippen LogP contribution in [0, 0.1) is 11.7 Å². The molecular formula is C16H21FN4O2S. The molecule has 1 aromatic heterocycles. The lowest BCUT2D eigenvalue weighted by Crippen LogP contribution is -2.53. The van der Waals surface area contributed by atoms with Crippen molar-refractivity contribution in [2.75, 3.05) is 25.4 Å². The van der Waals surface area contributed by atoms with Gasteiger partial charge in [0.05, 0.1) is 17.6 Å². The number of benzene rings is 1. The summed E-state index contributed by atoms with van der Waals surface area (Å²) in [5, 5.41) is 10.2. The van der Waals surface area contributed by atoms with Crippen LogP contribution < -0.4 is 5.32 Å². The highest BCUT2D eigenvalue weighted by molar-refractivity contribution is 7.89. The third-order valence-electron chi connectivity index (χ3n) is 4.29. The minimum absolute atomic E-state index is 0.147. The van der Waals surface area contributed by atoms with Crippen LogP contribution in [0.15, 0.2) is 30.5 Å². The van der Waals surface area contributed by atoms with Crippen molar-refractivity contribution < 1.29 is 12.8 Å². The molecule has 1 aliphatic rings. The molecule has 8 heteroatoms. The molecule has 6 nitrogen and oxygen atoms in total. The van der Waals surface area contributed by atoms with Gasteiger partial charge in [-0.05, 0) is 25.0 Å². The van der Waals surface area contributed by atoms with E-state index >= 15 is 0 Å². The van der Waals surface area contributed by atoms with Gasteiger partial charge in [0, 0.05) is 37.3 Å². The Morgan fingerprint density at radius 3 is 2.83 bits per heavy atom. The second-order valence-corrected chi connectivity index (χ2v) is 8.22. The minimum atomic E-state index is -3.06. The van der Waals surface area contributed by atoms with E-state index in [4.69, 9.17) is 0 Å². The van der Waals surface area contributed by atoms with Crippen molar-refractivity contribution in [1.82, 2.24) is 19.8 Å². The highest BCUT2D eigenvalue weighted by Crippen LogP contribution is 2.24. The summed E-state index contributed by atoms with van der Waals surface area (Å²) in [5.41, 5.74) is 2.05. The monoisotopic (exact) mass is 352 g/mol. The summed E-state index contributed by atoms with van der Waals surface area (Å²) >= 11 is 0. The topological polar surface area (TPSA) is 78.1 Å². The maximum absolute atomic E-state index is 13.9. The summed E-state index contributed by atoms with van der Waals surface area (Å²) in [6.45, 7) is 4.06. The van der Waals surface area contributed by atoms with Crippen LogP contribution >= 0.6 is 0 Å². The van der Waals surface area contributed by atoms with Crippen LogP contribution in [-0.2, 0) is 16.6 Å². The Kier molecular flexibility index (Phi) is 4.98. The van der Waals surface area contributed by atoms with E-state index in [-0.39, 0.29) is 11.6 Å². The molecule has 3 rings (SSSR count). The molecule has 0 saturated carbocycles. The van der Waals surface area contributed by atoms with Gasteiger partial charge in [-0.3, -0.25) is 5.10 Å². The molecule has 0 unspecified atom stereocenters. The Labute approximate surface area is 141 Å². The Morgan fingerprint density at radius 1 is 1.38 bits per heavy atom. The van der Waals surface area contributed by atoms with Gasteiger partial charge in [0.25, 0.3) is 0 Å². The highest BCUT2D eigenvalue weighted by Gasteiger charge is 2.34. The van der Waals surface area contributed by atoms with Gasteiger partial charge in [-0.2, -0.15) is 5.10 Å². The van der Waals surface area contributed by atoms with E-state index in [2.05, 4.69) is 15.5 Å². The van der Waals surface area contributed by atoms with Crippen LogP contribution in [0.5, 0.6) is 0 Å². The molecule has 130 valence electrons. The van der Waals surface area contributed by atoms with Crippen LogP contribution in [0.25, 0.3) is 11.3 Å². The first-order chi connectivity index (χ1) is 11.5. The number of nitrogens with one attached hydrogen (secondary N) is 2. The molecule has 0 radical (unpaired) electrons. The predicted octanol–water partition coefficient (Wildman–Crippen LogP) is 1.59. The molecule has 2 N–H and O–H groups in total. The normalized spacial score (nSPS) is 16.2. The molecule has 1 saturated heterocycles. The quantitative estimate of drug-likeness (QED) is 0.793. The summed E-state index contributed by atoms with van der Waals surface area (Å²) in [6.07, 6.45) is 1.68. The third-order valence-corrected chi connectivity index (χ3v) is 6.11. The SMILES string of the molecule is CCS(=O)(=O)N1CC(CNCc2cn[nH]c2-c2ccccc2F)C1. The highest BCUT2D eigenvalue weighted by atomic mass is 32.2. The zero-order valence-corrected chi connectivity index (χ0v) is 14.3. The average molecular weight is 352 g/mol. The number of nitrogens with zero attached hydrogens (tertiary/aromatic N) is 2. The number of halogens is 1. The molecule has 2 aromatic rings. The van der Waals surface area contributed by atoms with Crippen LogP contribution in [0.1, 0.15) is 12.5 Å². The van der Waals surface area contributed by atoms with Crippen molar-refractivity contribution >= 4 is 10.0 Å². The van der Waals surface area contributed by atoms with E-state index in [1.54, 1.807) is 31.3 Å². The zero-order valence-electron chi connectivity index (χ0n) is 13.5. The average Bonchev–Trinajstić information content (AvgIpc) is 2.98. The van der Waals surface area contributed by atoms with E-state index in [1.165, 1.54) is 10.4 Å². The summed E-state index contributed by atoms with van der Waals surface area (Å²) < 4.78 is 38.8. The molecule has 0 atom stereocenters. The van der Waals surface area contributed by atoms with Crippen molar-refractivity contribution in [2.24, 2.45) is 5.92 Å². The first kappa shape index (κ1) is 17.1. The van der Waals surface area contributed by atoms with Gasteiger partial charge in [-0.1, -0.05) is 12.1 Å². The van der Waals surface area contributed by atoms with Crippen molar-refractivity contribution in [2.45, 2.75) is 13.5 Å². The zero-order chi connectivity index (χ0) is 17.2. The van der Waals surface area contributed by atoms with Crippen molar-refractivity contribution in [3.63, 3.8) is 0 Å². The number of hydrogen-bond acceptors (Lipinski definition) is 4. The molecule has 2 heterocycles. The third kappa shape index (κ3) is 3.50. The van der Waals surface area contributed by atoms with Gasteiger partial charge in [0.1, 0.15) is 5.82 Å². The Hall–Kier alpha value is -1.77. The predicted molar refractivity (Wildman–Crippen MR) is 90.2 cm³/mol. The maximum atomic E-state index is 13.9. The lowest BCUT2D eigenvalue weighted by atomic mass is 10.0. The van der Waals surface area contributed by atoms with Crippen molar-refractivity contribution in [3.05, 3.63) is 41.8 Å². The van der Waals surface area contributed by atoms with Gasteiger partial charge in [0.2, 0.25) is 10.0 Å². The largest absolute Gasteiger partial charge is 0.312 e. The van der Waals surface area contributed by atoms with Gasteiger partial charge < -0.3 is 5.32 Å². The fourth-order valence-corrected chi connectivity index (χ4v) is 4.06. The second-order valence-electron chi connectivity index (χ2n) is 5.96. The molecule has 1 aliphatic heterocycles. The van der Waals surface area contributed by atoms with Gasteiger partial charge in [-0.15, -0.1) is 0 Å². The Balaban J connectivity index is 1.53. The number of sulfonamides is 1. The fourth-order valence-electron chi connectivity index (χ4n) is 2.81. The number of aromatic amines is 1. The van der Waals surface area contributed by atoms with Crippen molar-refractivity contribution in [1.29, 1.82) is 0 Å². The van der Waals surface area contributed by atoms with E-state index in [0.29, 0.717) is 36.8 Å². The van der Waals surface area contributed by atoms with E-state index in [1.807, 2.05) is 0 Å². The fraction of sp³-hybridized carbons (Fsp3) is 0.438. The summed E-state index contributed by atoms with van der Waals surface area (Å²) in [6, 6.07) is 6.57. The number of aromatic nitrogens is 2. The van der Waals surface area contributed by atoms with Gasteiger partial charge in [-0.25, -0.2) is 17.1 Å². The smallest absolute Gasteiger partial charge is 0.213 e. The van der Waals surface area contributed by atoms with Crippen molar-refractivity contribution in [3.8, 4) is 11.3 Å². The Morgan fingerprint density at radius 2 is 2.12 bits per heavy atom. The number of hydrogen-bond donors (Lipinski definition) is 2. The van der Waals surface area contributed by atoms with Crippen LogP contribution in [0.2, 0.25) is 0 Å². The van der Waals surface area contributed by atoms with E-state index in [9.17, 15) is 12.8 Å². The molecular weight excluding hydrogens is 331 g/mol.